The minimum atomic E-state index is -4.24. The standard InChI is InChI=1S/C6H12O6S/c1-2-12-6(8)3-5(7)4-13(9,10)11/h5,7H,2-4H2,1H3,(H,9,10,11). The molecule has 0 saturated heterocycles. The van der Waals surface area contributed by atoms with Crippen molar-refractivity contribution in [2.24, 2.45) is 0 Å². The third kappa shape index (κ3) is 7.69. The van der Waals surface area contributed by atoms with E-state index in [4.69, 9.17) is 9.66 Å². The molecule has 2 N–H and O–H groups in total. The van der Waals surface area contributed by atoms with E-state index in [0.29, 0.717) is 0 Å². The van der Waals surface area contributed by atoms with Crippen molar-refractivity contribution in [3.63, 3.8) is 0 Å². The summed E-state index contributed by atoms with van der Waals surface area (Å²) in [5.74, 6) is -1.55. The van der Waals surface area contributed by atoms with E-state index >= 15 is 0 Å². The van der Waals surface area contributed by atoms with Crippen LogP contribution in [-0.4, -0.2) is 42.5 Å². The molecule has 0 aromatic rings. The van der Waals surface area contributed by atoms with Gasteiger partial charge in [-0.25, -0.2) is 0 Å². The van der Waals surface area contributed by atoms with Crippen molar-refractivity contribution < 1.29 is 27.6 Å². The zero-order chi connectivity index (χ0) is 10.5. The largest absolute Gasteiger partial charge is 0.466 e. The molecular formula is C6H12O6S. The summed E-state index contributed by atoms with van der Waals surface area (Å²) in [6.07, 6.45) is -1.86. The second-order valence-electron chi connectivity index (χ2n) is 2.41. The Kier molecular flexibility index (Phi) is 4.89. The maximum Gasteiger partial charge on any atom is 0.308 e. The lowest BCUT2D eigenvalue weighted by Gasteiger charge is -2.06. The first-order valence-corrected chi connectivity index (χ1v) is 5.25. The summed E-state index contributed by atoms with van der Waals surface area (Å²) in [5, 5.41) is 8.94. The average molecular weight is 212 g/mol. The van der Waals surface area contributed by atoms with Crippen LogP contribution in [0.15, 0.2) is 0 Å². The number of hydrogen-bond acceptors (Lipinski definition) is 5. The normalized spacial score (nSPS) is 13.8. The Hall–Kier alpha value is -0.660. The van der Waals surface area contributed by atoms with Crippen LogP contribution in [0.4, 0.5) is 0 Å². The number of carbonyl (C=O) groups is 1. The molecule has 7 heteroatoms. The fraction of sp³-hybridized carbons (Fsp3) is 0.833. The topological polar surface area (TPSA) is 101 Å². The Morgan fingerprint density at radius 3 is 2.46 bits per heavy atom. The van der Waals surface area contributed by atoms with Crippen LogP contribution in [0.3, 0.4) is 0 Å². The summed E-state index contributed by atoms with van der Waals surface area (Å²) >= 11 is 0. The Morgan fingerprint density at radius 2 is 2.08 bits per heavy atom. The van der Waals surface area contributed by atoms with Gasteiger partial charge in [-0.3, -0.25) is 9.35 Å². The SMILES string of the molecule is CCOC(=O)CC(O)CS(=O)(=O)O. The minimum Gasteiger partial charge on any atom is -0.466 e. The van der Waals surface area contributed by atoms with Crippen LogP contribution in [0, 0.1) is 0 Å². The molecule has 0 radical (unpaired) electrons. The quantitative estimate of drug-likeness (QED) is 0.456. The van der Waals surface area contributed by atoms with E-state index in [9.17, 15) is 13.2 Å². The van der Waals surface area contributed by atoms with Crippen molar-refractivity contribution in [1.29, 1.82) is 0 Å². The summed E-state index contributed by atoms with van der Waals surface area (Å²) in [7, 11) is -4.24. The van der Waals surface area contributed by atoms with E-state index < -0.39 is 34.4 Å². The van der Waals surface area contributed by atoms with Gasteiger partial charge in [-0.15, -0.1) is 0 Å². The van der Waals surface area contributed by atoms with Crippen LogP contribution in [0.25, 0.3) is 0 Å². The van der Waals surface area contributed by atoms with E-state index in [1.165, 1.54) is 0 Å². The van der Waals surface area contributed by atoms with Crippen molar-refractivity contribution >= 4 is 16.1 Å². The summed E-state index contributed by atoms with van der Waals surface area (Å²) in [4.78, 5) is 10.7. The van der Waals surface area contributed by atoms with Gasteiger partial charge < -0.3 is 9.84 Å². The van der Waals surface area contributed by atoms with Gasteiger partial charge in [0.25, 0.3) is 10.1 Å². The van der Waals surface area contributed by atoms with Crippen LogP contribution in [0.5, 0.6) is 0 Å². The molecular weight excluding hydrogens is 200 g/mol. The van der Waals surface area contributed by atoms with Gasteiger partial charge in [0.1, 0.15) is 5.75 Å². The maximum atomic E-state index is 10.7. The molecule has 6 nitrogen and oxygen atoms in total. The number of esters is 1. The molecule has 0 aromatic heterocycles. The first-order chi connectivity index (χ1) is 5.85. The number of ether oxygens (including phenoxy) is 1. The zero-order valence-corrected chi connectivity index (χ0v) is 7.95. The van der Waals surface area contributed by atoms with Crippen LogP contribution in [-0.2, 0) is 19.6 Å². The summed E-state index contributed by atoms with van der Waals surface area (Å²) < 4.78 is 33.2. The van der Waals surface area contributed by atoms with Crippen molar-refractivity contribution in [2.45, 2.75) is 19.4 Å². The van der Waals surface area contributed by atoms with Crippen molar-refractivity contribution in [1.82, 2.24) is 0 Å². The van der Waals surface area contributed by atoms with Gasteiger partial charge in [0.15, 0.2) is 0 Å². The second kappa shape index (κ2) is 5.15. The number of aliphatic hydroxyl groups is 1. The van der Waals surface area contributed by atoms with Crippen molar-refractivity contribution in [2.75, 3.05) is 12.4 Å². The van der Waals surface area contributed by atoms with E-state index in [-0.39, 0.29) is 6.61 Å². The Morgan fingerprint density at radius 1 is 1.54 bits per heavy atom. The molecule has 13 heavy (non-hydrogen) atoms. The van der Waals surface area contributed by atoms with E-state index in [0.717, 1.165) is 0 Å². The van der Waals surface area contributed by atoms with Gasteiger partial charge in [-0.2, -0.15) is 8.42 Å². The number of rotatable bonds is 5. The van der Waals surface area contributed by atoms with Crippen LogP contribution < -0.4 is 0 Å². The molecule has 0 saturated carbocycles. The number of carbonyl (C=O) groups excluding carboxylic acids is 1. The number of hydrogen-bond donors (Lipinski definition) is 2. The summed E-state index contributed by atoms with van der Waals surface area (Å²) in [6, 6.07) is 0. The number of aliphatic hydroxyl groups excluding tert-OH is 1. The van der Waals surface area contributed by atoms with Gasteiger partial charge in [0.05, 0.1) is 19.1 Å². The highest BCUT2D eigenvalue weighted by atomic mass is 32.2. The van der Waals surface area contributed by atoms with Gasteiger partial charge in [-0.1, -0.05) is 0 Å². The fourth-order valence-electron chi connectivity index (χ4n) is 0.714. The lowest BCUT2D eigenvalue weighted by atomic mass is 10.3. The van der Waals surface area contributed by atoms with Crippen molar-refractivity contribution in [3.8, 4) is 0 Å². The molecule has 0 aromatic carbocycles. The summed E-state index contributed by atoms with van der Waals surface area (Å²) in [6.45, 7) is 1.75. The van der Waals surface area contributed by atoms with Crippen LogP contribution >= 0.6 is 0 Å². The first kappa shape index (κ1) is 12.3. The average Bonchev–Trinajstić information content (AvgIpc) is 1.81. The molecule has 0 amide bonds. The molecule has 78 valence electrons. The van der Waals surface area contributed by atoms with Gasteiger partial charge in [-0.05, 0) is 6.92 Å². The lowest BCUT2D eigenvalue weighted by molar-refractivity contribution is -0.144. The van der Waals surface area contributed by atoms with E-state index in [2.05, 4.69) is 4.74 Å². The molecule has 1 atom stereocenters. The maximum absolute atomic E-state index is 10.7. The third-order valence-corrected chi connectivity index (χ3v) is 1.92. The Bertz CT molecular complexity index is 256. The molecule has 0 rings (SSSR count). The van der Waals surface area contributed by atoms with E-state index in [1.54, 1.807) is 6.92 Å². The highest BCUT2D eigenvalue weighted by Crippen LogP contribution is 1.98. The van der Waals surface area contributed by atoms with Crippen LogP contribution in [0.2, 0.25) is 0 Å². The van der Waals surface area contributed by atoms with Crippen molar-refractivity contribution in [3.05, 3.63) is 0 Å². The van der Waals surface area contributed by atoms with Gasteiger partial charge >= 0.3 is 5.97 Å². The highest BCUT2D eigenvalue weighted by Gasteiger charge is 2.17. The lowest BCUT2D eigenvalue weighted by Crippen LogP contribution is -2.24. The second-order valence-corrected chi connectivity index (χ2v) is 3.91. The highest BCUT2D eigenvalue weighted by molar-refractivity contribution is 7.85. The summed E-state index contributed by atoms with van der Waals surface area (Å²) in [5.41, 5.74) is 0. The van der Waals surface area contributed by atoms with Gasteiger partial charge in [0.2, 0.25) is 0 Å². The molecule has 0 heterocycles. The molecule has 0 fully saturated rings. The predicted molar refractivity (Wildman–Crippen MR) is 43.7 cm³/mol. The molecule has 0 aliphatic rings. The molecule has 0 aliphatic heterocycles. The molecule has 0 spiro atoms. The Balaban J connectivity index is 3.88. The molecule has 0 bridgehead atoms. The zero-order valence-electron chi connectivity index (χ0n) is 7.13. The van der Waals surface area contributed by atoms with Gasteiger partial charge in [0, 0.05) is 0 Å². The predicted octanol–water partition coefficient (Wildman–Crippen LogP) is -0.812. The third-order valence-electron chi connectivity index (χ3n) is 1.11. The smallest absolute Gasteiger partial charge is 0.308 e. The fourth-order valence-corrected chi connectivity index (χ4v) is 1.32. The minimum absolute atomic E-state index is 0.164. The Labute approximate surface area is 76.3 Å². The molecule has 1 unspecified atom stereocenters. The van der Waals surface area contributed by atoms with Crippen LogP contribution in [0.1, 0.15) is 13.3 Å². The molecule has 0 aliphatic carbocycles. The monoisotopic (exact) mass is 212 g/mol. The van der Waals surface area contributed by atoms with E-state index in [1.807, 2.05) is 0 Å². The first-order valence-electron chi connectivity index (χ1n) is 3.64.